The molecule has 14 heavy (non-hydrogen) atoms. The molecule has 0 heterocycles. The summed E-state index contributed by atoms with van der Waals surface area (Å²) < 4.78 is 0. The quantitative estimate of drug-likeness (QED) is 0.753. The standard InChI is InChI=1S/C11H16O2S/c1-3-8(2)14-7-9-4-5-10(12)11(13)6-9/h4-6,8,12-13H,3,7H2,1-2H3. The second-order valence-electron chi connectivity index (χ2n) is 3.35. The van der Waals surface area contributed by atoms with Gasteiger partial charge < -0.3 is 10.2 Å². The Balaban J connectivity index is 2.55. The molecule has 0 spiro atoms. The number of aromatic hydroxyl groups is 2. The van der Waals surface area contributed by atoms with Crippen LogP contribution in [0, 0.1) is 0 Å². The third-order valence-corrected chi connectivity index (χ3v) is 3.55. The van der Waals surface area contributed by atoms with E-state index in [0.29, 0.717) is 5.25 Å². The van der Waals surface area contributed by atoms with E-state index in [4.69, 9.17) is 5.11 Å². The van der Waals surface area contributed by atoms with Crippen molar-refractivity contribution in [1.29, 1.82) is 0 Å². The molecule has 0 saturated carbocycles. The summed E-state index contributed by atoms with van der Waals surface area (Å²) in [7, 11) is 0. The van der Waals surface area contributed by atoms with Gasteiger partial charge in [-0.25, -0.2) is 0 Å². The van der Waals surface area contributed by atoms with Crippen LogP contribution in [0.5, 0.6) is 11.5 Å². The van der Waals surface area contributed by atoms with Gasteiger partial charge in [0.2, 0.25) is 0 Å². The number of rotatable bonds is 4. The van der Waals surface area contributed by atoms with Gasteiger partial charge in [-0.3, -0.25) is 0 Å². The molecule has 2 nitrogen and oxygen atoms in total. The minimum Gasteiger partial charge on any atom is -0.504 e. The average Bonchev–Trinajstić information content (AvgIpc) is 2.19. The van der Waals surface area contributed by atoms with E-state index in [2.05, 4.69) is 13.8 Å². The molecule has 1 atom stereocenters. The molecule has 3 heteroatoms. The van der Waals surface area contributed by atoms with Gasteiger partial charge in [0.1, 0.15) is 0 Å². The summed E-state index contributed by atoms with van der Waals surface area (Å²) in [6, 6.07) is 4.98. The van der Waals surface area contributed by atoms with Crippen molar-refractivity contribution in [2.75, 3.05) is 0 Å². The molecule has 0 saturated heterocycles. The highest BCUT2D eigenvalue weighted by Gasteiger charge is 2.03. The van der Waals surface area contributed by atoms with Crippen LogP contribution in [0.25, 0.3) is 0 Å². The third-order valence-electron chi connectivity index (χ3n) is 2.15. The second kappa shape index (κ2) is 5.15. The lowest BCUT2D eigenvalue weighted by molar-refractivity contribution is 0.403. The smallest absolute Gasteiger partial charge is 0.157 e. The van der Waals surface area contributed by atoms with Crippen molar-refractivity contribution in [2.24, 2.45) is 0 Å². The molecule has 0 fully saturated rings. The predicted molar refractivity (Wildman–Crippen MR) is 60.8 cm³/mol. The van der Waals surface area contributed by atoms with Crippen molar-refractivity contribution < 1.29 is 10.2 Å². The molecule has 1 rings (SSSR count). The first-order valence-corrected chi connectivity index (χ1v) is 5.80. The molecule has 0 amide bonds. The fourth-order valence-corrected chi connectivity index (χ4v) is 1.91. The molecule has 1 unspecified atom stereocenters. The fraction of sp³-hybridized carbons (Fsp3) is 0.455. The van der Waals surface area contributed by atoms with Gasteiger partial charge in [0.15, 0.2) is 11.5 Å². The zero-order valence-electron chi connectivity index (χ0n) is 8.53. The number of phenolic OH excluding ortho intramolecular Hbond substituents is 2. The number of hydrogen-bond acceptors (Lipinski definition) is 3. The summed E-state index contributed by atoms with van der Waals surface area (Å²) in [6.07, 6.45) is 1.15. The summed E-state index contributed by atoms with van der Waals surface area (Å²) in [4.78, 5) is 0. The minimum atomic E-state index is -0.0534. The maximum atomic E-state index is 9.26. The molecular formula is C11H16O2S. The molecule has 0 aromatic heterocycles. The van der Waals surface area contributed by atoms with E-state index in [1.165, 1.54) is 6.07 Å². The monoisotopic (exact) mass is 212 g/mol. The van der Waals surface area contributed by atoms with Crippen LogP contribution in [0.1, 0.15) is 25.8 Å². The first-order valence-electron chi connectivity index (χ1n) is 4.76. The van der Waals surface area contributed by atoms with Crippen molar-refractivity contribution in [1.82, 2.24) is 0 Å². The predicted octanol–water partition coefficient (Wildman–Crippen LogP) is 3.13. The van der Waals surface area contributed by atoms with Crippen LogP contribution in [0.2, 0.25) is 0 Å². The topological polar surface area (TPSA) is 40.5 Å². The van der Waals surface area contributed by atoms with E-state index in [9.17, 15) is 5.11 Å². The van der Waals surface area contributed by atoms with E-state index in [1.54, 1.807) is 6.07 Å². The highest BCUT2D eigenvalue weighted by Crippen LogP contribution is 2.28. The highest BCUT2D eigenvalue weighted by atomic mass is 32.2. The first-order chi connectivity index (χ1) is 6.63. The lowest BCUT2D eigenvalue weighted by atomic mass is 10.2. The van der Waals surface area contributed by atoms with Crippen molar-refractivity contribution in [3.05, 3.63) is 23.8 Å². The number of phenols is 2. The molecule has 0 aliphatic rings. The zero-order chi connectivity index (χ0) is 10.6. The number of benzene rings is 1. The Bertz CT molecular complexity index is 299. The lowest BCUT2D eigenvalue weighted by Gasteiger charge is -2.08. The van der Waals surface area contributed by atoms with E-state index in [1.807, 2.05) is 17.8 Å². The maximum absolute atomic E-state index is 9.26. The van der Waals surface area contributed by atoms with Gasteiger partial charge in [-0.15, -0.1) is 0 Å². The van der Waals surface area contributed by atoms with E-state index < -0.39 is 0 Å². The van der Waals surface area contributed by atoms with Crippen LogP contribution >= 0.6 is 11.8 Å². The van der Waals surface area contributed by atoms with Crippen molar-refractivity contribution >= 4 is 11.8 Å². The Morgan fingerprint density at radius 1 is 1.29 bits per heavy atom. The second-order valence-corrected chi connectivity index (χ2v) is 4.78. The Labute approximate surface area is 89.0 Å². The minimum absolute atomic E-state index is 0.0350. The van der Waals surface area contributed by atoms with Crippen LogP contribution in [0.4, 0.5) is 0 Å². The van der Waals surface area contributed by atoms with Crippen molar-refractivity contribution in [3.8, 4) is 11.5 Å². The van der Waals surface area contributed by atoms with E-state index in [0.717, 1.165) is 17.7 Å². The van der Waals surface area contributed by atoms with Crippen LogP contribution in [0.15, 0.2) is 18.2 Å². The summed E-state index contributed by atoms with van der Waals surface area (Å²) in [5.74, 6) is 0.789. The van der Waals surface area contributed by atoms with Gasteiger partial charge in [-0.1, -0.05) is 19.9 Å². The lowest BCUT2D eigenvalue weighted by Crippen LogP contribution is -1.93. The van der Waals surface area contributed by atoms with Crippen LogP contribution in [-0.2, 0) is 5.75 Å². The van der Waals surface area contributed by atoms with Gasteiger partial charge >= 0.3 is 0 Å². The van der Waals surface area contributed by atoms with Crippen LogP contribution in [0.3, 0.4) is 0 Å². The van der Waals surface area contributed by atoms with Crippen LogP contribution < -0.4 is 0 Å². The SMILES string of the molecule is CCC(C)SCc1ccc(O)c(O)c1. The zero-order valence-corrected chi connectivity index (χ0v) is 9.34. The number of thioether (sulfide) groups is 1. The molecule has 0 aliphatic carbocycles. The van der Waals surface area contributed by atoms with Gasteiger partial charge in [0.25, 0.3) is 0 Å². The van der Waals surface area contributed by atoms with Gasteiger partial charge in [0, 0.05) is 11.0 Å². The van der Waals surface area contributed by atoms with Gasteiger partial charge in [-0.05, 0) is 24.1 Å². The molecule has 0 bridgehead atoms. The van der Waals surface area contributed by atoms with Gasteiger partial charge in [-0.2, -0.15) is 11.8 Å². The molecule has 1 aromatic carbocycles. The van der Waals surface area contributed by atoms with Crippen LogP contribution in [-0.4, -0.2) is 15.5 Å². The summed E-state index contributed by atoms with van der Waals surface area (Å²) >= 11 is 1.85. The van der Waals surface area contributed by atoms with E-state index >= 15 is 0 Å². The maximum Gasteiger partial charge on any atom is 0.157 e. The van der Waals surface area contributed by atoms with E-state index in [-0.39, 0.29) is 11.5 Å². The normalized spacial score (nSPS) is 12.7. The molecule has 2 N–H and O–H groups in total. The van der Waals surface area contributed by atoms with Gasteiger partial charge in [0.05, 0.1) is 0 Å². The Hall–Kier alpha value is -0.830. The molecule has 1 aromatic rings. The first kappa shape index (κ1) is 11.2. The molecular weight excluding hydrogens is 196 g/mol. The third kappa shape index (κ3) is 3.14. The van der Waals surface area contributed by atoms with Crippen molar-refractivity contribution in [3.63, 3.8) is 0 Å². The summed E-state index contributed by atoms with van der Waals surface area (Å²) in [6.45, 7) is 4.34. The number of hydrogen-bond donors (Lipinski definition) is 2. The molecule has 0 radical (unpaired) electrons. The summed E-state index contributed by atoms with van der Waals surface area (Å²) in [5, 5.41) is 19.0. The fourth-order valence-electron chi connectivity index (χ4n) is 1.02. The summed E-state index contributed by atoms with van der Waals surface area (Å²) in [5.41, 5.74) is 1.05. The molecule has 0 aliphatic heterocycles. The highest BCUT2D eigenvalue weighted by molar-refractivity contribution is 7.99. The largest absolute Gasteiger partial charge is 0.504 e. The Morgan fingerprint density at radius 3 is 2.57 bits per heavy atom. The molecule has 78 valence electrons. The Kier molecular flexibility index (Phi) is 4.14. The average molecular weight is 212 g/mol. The van der Waals surface area contributed by atoms with Crippen molar-refractivity contribution in [2.45, 2.75) is 31.3 Å². The Morgan fingerprint density at radius 2 is 2.00 bits per heavy atom.